The van der Waals surface area contributed by atoms with Crippen molar-refractivity contribution in [2.24, 2.45) is 11.3 Å². The second-order valence-electron chi connectivity index (χ2n) is 5.48. The lowest BCUT2D eigenvalue weighted by Gasteiger charge is -2.39. The van der Waals surface area contributed by atoms with E-state index < -0.39 is 0 Å². The summed E-state index contributed by atoms with van der Waals surface area (Å²) in [5, 5.41) is 2.94. The fraction of sp³-hybridized carbons (Fsp3) is 0.917. The van der Waals surface area contributed by atoms with Crippen molar-refractivity contribution in [1.29, 1.82) is 0 Å². The van der Waals surface area contributed by atoms with E-state index in [1.807, 2.05) is 0 Å². The average molecular weight is 212 g/mol. The Morgan fingerprint density at radius 1 is 1.40 bits per heavy atom. The number of carbonyl (C=O) groups excluding carboxylic acids is 1. The fourth-order valence-electron chi connectivity index (χ4n) is 2.29. The lowest BCUT2D eigenvalue weighted by Crippen LogP contribution is -2.42. The molecule has 0 aromatic rings. The molecule has 1 amide bonds. The maximum absolute atomic E-state index is 10.9. The van der Waals surface area contributed by atoms with Crippen LogP contribution in [0, 0.1) is 11.3 Å². The number of hydrogen-bond acceptors (Lipinski definition) is 2. The zero-order valence-corrected chi connectivity index (χ0v) is 10.5. The summed E-state index contributed by atoms with van der Waals surface area (Å²) in [6.45, 7) is 9.29. The Bertz CT molecular complexity index is 218. The quantitative estimate of drug-likeness (QED) is 0.768. The van der Waals surface area contributed by atoms with Gasteiger partial charge >= 0.3 is 0 Å². The molecule has 0 aliphatic carbocycles. The normalized spacial score (nSPS) is 20.3. The van der Waals surface area contributed by atoms with Crippen molar-refractivity contribution in [2.45, 2.75) is 33.6 Å². The average Bonchev–Trinajstić information content (AvgIpc) is 2.16. The summed E-state index contributed by atoms with van der Waals surface area (Å²) in [5.74, 6) is 0.816. The number of nitrogens with zero attached hydrogens (tertiary/aromatic N) is 1. The number of carbonyl (C=O) groups is 1. The minimum Gasteiger partial charge on any atom is -0.356 e. The van der Waals surface area contributed by atoms with Gasteiger partial charge in [0, 0.05) is 13.5 Å². The molecule has 1 fully saturated rings. The van der Waals surface area contributed by atoms with Crippen LogP contribution in [0.2, 0.25) is 0 Å². The summed E-state index contributed by atoms with van der Waals surface area (Å²) in [6, 6.07) is 0. The molecule has 0 spiro atoms. The van der Waals surface area contributed by atoms with Crippen molar-refractivity contribution < 1.29 is 4.79 Å². The molecule has 0 aromatic heterocycles. The largest absolute Gasteiger partial charge is 0.356 e. The lowest BCUT2D eigenvalue weighted by molar-refractivity contribution is -0.119. The van der Waals surface area contributed by atoms with Gasteiger partial charge in [-0.05, 0) is 44.3 Å². The first-order valence-corrected chi connectivity index (χ1v) is 5.85. The van der Waals surface area contributed by atoms with E-state index in [1.165, 1.54) is 25.9 Å². The number of likely N-dealkylation sites (tertiary alicyclic amines) is 1. The molecule has 0 saturated carbocycles. The Kier molecular flexibility index (Phi) is 4.14. The van der Waals surface area contributed by atoms with Crippen molar-refractivity contribution >= 4 is 5.91 Å². The van der Waals surface area contributed by atoms with Gasteiger partial charge in [0.25, 0.3) is 0 Å². The van der Waals surface area contributed by atoms with Crippen LogP contribution in [0.25, 0.3) is 0 Å². The van der Waals surface area contributed by atoms with Crippen LogP contribution in [-0.4, -0.2) is 37.5 Å². The van der Waals surface area contributed by atoms with Crippen molar-refractivity contribution in [2.75, 3.05) is 26.7 Å². The van der Waals surface area contributed by atoms with Gasteiger partial charge in [0.1, 0.15) is 0 Å². The van der Waals surface area contributed by atoms with E-state index in [2.05, 4.69) is 31.1 Å². The van der Waals surface area contributed by atoms with E-state index in [4.69, 9.17) is 0 Å². The van der Waals surface area contributed by atoms with Crippen molar-refractivity contribution in [3.8, 4) is 0 Å². The topological polar surface area (TPSA) is 32.3 Å². The predicted octanol–water partition coefficient (Wildman–Crippen LogP) is 1.49. The van der Waals surface area contributed by atoms with Crippen LogP contribution < -0.4 is 5.32 Å². The molecule has 0 aromatic carbocycles. The third kappa shape index (κ3) is 3.82. The monoisotopic (exact) mass is 212 g/mol. The molecule has 0 unspecified atom stereocenters. The Morgan fingerprint density at radius 3 is 2.40 bits per heavy atom. The zero-order chi connectivity index (χ0) is 11.5. The fourth-order valence-corrected chi connectivity index (χ4v) is 2.29. The molecule has 1 rings (SSSR count). The van der Waals surface area contributed by atoms with E-state index in [0.29, 0.717) is 0 Å². The summed E-state index contributed by atoms with van der Waals surface area (Å²) < 4.78 is 0. The smallest absolute Gasteiger partial charge is 0.216 e. The molecule has 1 aliphatic heterocycles. The predicted molar refractivity (Wildman–Crippen MR) is 62.7 cm³/mol. The van der Waals surface area contributed by atoms with Gasteiger partial charge in [-0.2, -0.15) is 0 Å². The van der Waals surface area contributed by atoms with Crippen LogP contribution >= 0.6 is 0 Å². The summed E-state index contributed by atoms with van der Waals surface area (Å²) in [5.41, 5.74) is 0.229. The number of amides is 1. The molecule has 0 radical (unpaired) electrons. The molecule has 0 bridgehead atoms. The van der Waals surface area contributed by atoms with Gasteiger partial charge in [-0.25, -0.2) is 0 Å². The minimum absolute atomic E-state index is 0.0796. The maximum atomic E-state index is 10.9. The number of rotatable bonds is 3. The molecule has 3 nitrogen and oxygen atoms in total. The molecule has 1 saturated heterocycles. The van der Waals surface area contributed by atoms with Gasteiger partial charge < -0.3 is 10.2 Å². The molecule has 88 valence electrons. The maximum Gasteiger partial charge on any atom is 0.216 e. The lowest BCUT2D eigenvalue weighted by atomic mass is 9.73. The molecule has 3 heteroatoms. The van der Waals surface area contributed by atoms with Gasteiger partial charge in [-0.3, -0.25) is 4.79 Å². The van der Waals surface area contributed by atoms with Crippen LogP contribution in [0.1, 0.15) is 33.6 Å². The summed E-state index contributed by atoms with van der Waals surface area (Å²) in [6.07, 6.45) is 2.51. The van der Waals surface area contributed by atoms with Gasteiger partial charge in [0.15, 0.2) is 0 Å². The number of piperidine rings is 1. The molecule has 1 heterocycles. The first kappa shape index (κ1) is 12.5. The summed E-state index contributed by atoms with van der Waals surface area (Å²) in [4.78, 5) is 13.3. The Hall–Kier alpha value is -0.570. The molecular weight excluding hydrogens is 188 g/mol. The van der Waals surface area contributed by atoms with Crippen LogP contribution in [-0.2, 0) is 4.79 Å². The first-order valence-electron chi connectivity index (χ1n) is 5.85. The van der Waals surface area contributed by atoms with Crippen molar-refractivity contribution in [1.82, 2.24) is 10.2 Å². The Balaban J connectivity index is 2.42. The highest BCUT2D eigenvalue weighted by molar-refractivity contribution is 5.72. The van der Waals surface area contributed by atoms with Gasteiger partial charge in [0.05, 0.1) is 0 Å². The summed E-state index contributed by atoms with van der Waals surface area (Å²) in [7, 11) is 2.18. The van der Waals surface area contributed by atoms with Crippen LogP contribution in [0.3, 0.4) is 0 Å². The van der Waals surface area contributed by atoms with Crippen LogP contribution in [0.4, 0.5) is 0 Å². The summed E-state index contributed by atoms with van der Waals surface area (Å²) >= 11 is 0. The SMILES string of the molecule is CC(=O)NCC(C)(C)C1CCN(C)CC1. The second-order valence-corrected chi connectivity index (χ2v) is 5.48. The van der Waals surface area contributed by atoms with Gasteiger partial charge in [-0.1, -0.05) is 13.8 Å². The minimum atomic E-state index is 0.0796. The highest BCUT2D eigenvalue weighted by Gasteiger charge is 2.31. The van der Waals surface area contributed by atoms with E-state index in [9.17, 15) is 4.79 Å². The standard InChI is InChI=1S/C12H24N2O/c1-10(15)13-9-12(2,3)11-5-7-14(4)8-6-11/h11H,5-9H2,1-4H3,(H,13,15). The van der Waals surface area contributed by atoms with Crippen LogP contribution in [0.15, 0.2) is 0 Å². The molecule has 15 heavy (non-hydrogen) atoms. The highest BCUT2D eigenvalue weighted by Crippen LogP contribution is 2.33. The number of nitrogens with one attached hydrogen (secondary N) is 1. The molecule has 1 aliphatic rings. The molecule has 1 N–H and O–H groups in total. The van der Waals surface area contributed by atoms with E-state index in [-0.39, 0.29) is 11.3 Å². The van der Waals surface area contributed by atoms with Gasteiger partial charge in [0.2, 0.25) is 5.91 Å². The number of hydrogen-bond donors (Lipinski definition) is 1. The Morgan fingerprint density at radius 2 is 1.93 bits per heavy atom. The van der Waals surface area contributed by atoms with Gasteiger partial charge in [-0.15, -0.1) is 0 Å². The highest BCUT2D eigenvalue weighted by atomic mass is 16.1. The molecular formula is C12H24N2O. The molecule has 0 atom stereocenters. The van der Waals surface area contributed by atoms with Crippen molar-refractivity contribution in [3.05, 3.63) is 0 Å². The first-order chi connectivity index (χ1) is 6.92. The van der Waals surface area contributed by atoms with Crippen LogP contribution in [0.5, 0.6) is 0 Å². The third-order valence-electron chi connectivity index (χ3n) is 3.62. The van der Waals surface area contributed by atoms with E-state index in [0.717, 1.165) is 12.5 Å². The van der Waals surface area contributed by atoms with E-state index in [1.54, 1.807) is 6.92 Å². The second kappa shape index (κ2) is 4.97. The Labute approximate surface area is 93.2 Å². The van der Waals surface area contributed by atoms with E-state index >= 15 is 0 Å². The van der Waals surface area contributed by atoms with Crippen molar-refractivity contribution in [3.63, 3.8) is 0 Å². The zero-order valence-electron chi connectivity index (χ0n) is 10.5. The third-order valence-corrected chi connectivity index (χ3v) is 3.62.